The van der Waals surface area contributed by atoms with Crippen LogP contribution in [0.4, 0.5) is 0 Å². The number of amides is 1. The Morgan fingerprint density at radius 2 is 2.22 bits per heavy atom. The number of nitrogens with one attached hydrogen (secondary N) is 1. The summed E-state index contributed by atoms with van der Waals surface area (Å²) >= 11 is 0. The van der Waals surface area contributed by atoms with E-state index in [0.29, 0.717) is 25.3 Å². The van der Waals surface area contributed by atoms with Crippen LogP contribution in [0.3, 0.4) is 0 Å². The van der Waals surface area contributed by atoms with Crippen molar-refractivity contribution in [1.29, 1.82) is 0 Å². The largest absolute Gasteiger partial charge is 0.352 e. The molecule has 1 heterocycles. The second-order valence-electron chi connectivity index (χ2n) is 4.95. The summed E-state index contributed by atoms with van der Waals surface area (Å²) in [4.78, 5) is 16.0. The number of carbonyl (C=O) groups is 1. The Hall–Kier alpha value is -1.42. The predicted molar refractivity (Wildman–Crippen MR) is 73.0 cm³/mol. The number of carbonyl (C=O) groups excluding carboxylic acids is 1. The van der Waals surface area contributed by atoms with Gasteiger partial charge in [0.15, 0.2) is 0 Å². The fourth-order valence-electron chi connectivity index (χ4n) is 1.87. The number of rotatable bonds is 7. The van der Waals surface area contributed by atoms with Crippen molar-refractivity contribution in [3.05, 3.63) is 30.1 Å². The van der Waals surface area contributed by atoms with Crippen molar-refractivity contribution in [2.75, 3.05) is 6.54 Å². The molecule has 100 valence electrons. The van der Waals surface area contributed by atoms with Crippen LogP contribution in [0.1, 0.15) is 32.4 Å². The molecule has 4 heteroatoms. The molecule has 0 radical (unpaired) electrons. The molecule has 1 aromatic rings. The Labute approximate surface area is 109 Å². The Morgan fingerprint density at radius 1 is 1.44 bits per heavy atom. The number of aromatic nitrogens is 1. The number of nitrogens with two attached hydrogens (primary N) is 1. The molecule has 1 amide bonds. The van der Waals surface area contributed by atoms with E-state index in [0.717, 1.165) is 12.1 Å². The van der Waals surface area contributed by atoms with Crippen molar-refractivity contribution >= 4 is 5.91 Å². The van der Waals surface area contributed by atoms with E-state index in [1.807, 2.05) is 18.2 Å². The SMILES string of the molecule is CC(C)CC(CN)NC(=O)CCc1ccccn1. The van der Waals surface area contributed by atoms with Crippen LogP contribution in [0, 0.1) is 5.92 Å². The van der Waals surface area contributed by atoms with Gasteiger partial charge < -0.3 is 11.1 Å². The highest BCUT2D eigenvalue weighted by atomic mass is 16.1. The van der Waals surface area contributed by atoms with Crippen molar-refractivity contribution in [3.8, 4) is 0 Å². The molecule has 1 atom stereocenters. The lowest BCUT2D eigenvalue weighted by Crippen LogP contribution is -2.41. The first-order chi connectivity index (χ1) is 8.61. The second kappa shape index (κ2) is 7.82. The molecule has 1 unspecified atom stereocenters. The highest BCUT2D eigenvalue weighted by Gasteiger charge is 2.12. The number of aryl methyl sites for hydroxylation is 1. The lowest BCUT2D eigenvalue weighted by molar-refractivity contribution is -0.121. The first-order valence-corrected chi connectivity index (χ1v) is 6.51. The minimum atomic E-state index is 0.0525. The molecule has 0 spiro atoms. The van der Waals surface area contributed by atoms with Gasteiger partial charge in [-0.05, 0) is 30.9 Å². The highest BCUT2D eigenvalue weighted by Crippen LogP contribution is 2.04. The molecule has 0 aromatic carbocycles. The quantitative estimate of drug-likeness (QED) is 0.769. The van der Waals surface area contributed by atoms with Gasteiger partial charge in [-0.15, -0.1) is 0 Å². The van der Waals surface area contributed by atoms with Gasteiger partial charge in [-0.3, -0.25) is 9.78 Å². The summed E-state index contributed by atoms with van der Waals surface area (Å²) in [7, 11) is 0. The monoisotopic (exact) mass is 249 g/mol. The van der Waals surface area contributed by atoms with Crippen molar-refractivity contribution in [2.45, 2.75) is 39.2 Å². The molecule has 0 aliphatic heterocycles. The van der Waals surface area contributed by atoms with Crippen LogP contribution in [0.25, 0.3) is 0 Å². The van der Waals surface area contributed by atoms with Gasteiger partial charge in [0.2, 0.25) is 5.91 Å². The third-order valence-electron chi connectivity index (χ3n) is 2.74. The molecule has 0 fully saturated rings. The summed E-state index contributed by atoms with van der Waals surface area (Å²) in [6.07, 6.45) is 3.80. The summed E-state index contributed by atoms with van der Waals surface area (Å²) in [5, 5.41) is 2.98. The molecule has 18 heavy (non-hydrogen) atoms. The van der Waals surface area contributed by atoms with E-state index in [-0.39, 0.29) is 11.9 Å². The molecule has 0 aliphatic carbocycles. The van der Waals surface area contributed by atoms with Crippen LogP contribution in [0.15, 0.2) is 24.4 Å². The molecule has 0 bridgehead atoms. The van der Waals surface area contributed by atoms with Crippen LogP contribution in [-0.2, 0) is 11.2 Å². The van der Waals surface area contributed by atoms with E-state index >= 15 is 0 Å². The van der Waals surface area contributed by atoms with Gasteiger partial charge in [0.05, 0.1) is 0 Å². The summed E-state index contributed by atoms with van der Waals surface area (Å²) in [6.45, 7) is 4.75. The fraction of sp³-hybridized carbons (Fsp3) is 0.571. The van der Waals surface area contributed by atoms with E-state index in [9.17, 15) is 4.79 Å². The zero-order chi connectivity index (χ0) is 13.4. The third kappa shape index (κ3) is 5.77. The van der Waals surface area contributed by atoms with Crippen molar-refractivity contribution in [1.82, 2.24) is 10.3 Å². The molecule has 1 aromatic heterocycles. The van der Waals surface area contributed by atoms with Gasteiger partial charge in [0.1, 0.15) is 0 Å². The van der Waals surface area contributed by atoms with E-state index < -0.39 is 0 Å². The Bertz CT molecular complexity index is 351. The maximum atomic E-state index is 11.8. The van der Waals surface area contributed by atoms with Crippen LogP contribution in [0.2, 0.25) is 0 Å². The standard InChI is InChI=1S/C14H23N3O/c1-11(2)9-13(10-15)17-14(18)7-6-12-5-3-4-8-16-12/h3-5,8,11,13H,6-7,9-10,15H2,1-2H3,(H,17,18). The Morgan fingerprint density at radius 3 is 2.78 bits per heavy atom. The van der Waals surface area contributed by atoms with Gasteiger partial charge in [-0.2, -0.15) is 0 Å². The lowest BCUT2D eigenvalue weighted by Gasteiger charge is -2.18. The van der Waals surface area contributed by atoms with Gasteiger partial charge in [0.25, 0.3) is 0 Å². The summed E-state index contributed by atoms with van der Waals surface area (Å²) < 4.78 is 0. The summed E-state index contributed by atoms with van der Waals surface area (Å²) in [5.41, 5.74) is 6.59. The normalized spacial score (nSPS) is 12.4. The minimum absolute atomic E-state index is 0.0525. The smallest absolute Gasteiger partial charge is 0.220 e. The maximum Gasteiger partial charge on any atom is 0.220 e. The number of pyridine rings is 1. The van der Waals surface area contributed by atoms with Crippen LogP contribution in [0.5, 0.6) is 0 Å². The van der Waals surface area contributed by atoms with E-state index in [1.54, 1.807) is 6.20 Å². The van der Waals surface area contributed by atoms with E-state index in [1.165, 1.54) is 0 Å². The molecule has 4 nitrogen and oxygen atoms in total. The van der Waals surface area contributed by atoms with Crippen LogP contribution < -0.4 is 11.1 Å². The number of hydrogen-bond acceptors (Lipinski definition) is 3. The molecule has 3 N–H and O–H groups in total. The molecule has 0 saturated heterocycles. The molecule has 0 aliphatic rings. The zero-order valence-electron chi connectivity index (χ0n) is 11.2. The first-order valence-electron chi connectivity index (χ1n) is 6.51. The van der Waals surface area contributed by atoms with Crippen molar-refractivity contribution in [2.24, 2.45) is 11.7 Å². The van der Waals surface area contributed by atoms with Crippen molar-refractivity contribution < 1.29 is 4.79 Å². The lowest BCUT2D eigenvalue weighted by atomic mass is 10.0. The van der Waals surface area contributed by atoms with Crippen LogP contribution >= 0.6 is 0 Å². The summed E-state index contributed by atoms with van der Waals surface area (Å²) in [6, 6.07) is 5.82. The number of nitrogens with zero attached hydrogens (tertiary/aromatic N) is 1. The van der Waals surface area contributed by atoms with Gasteiger partial charge >= 0.3 is 0 Å². The second-order valence-corrected chi connectivity index (χ2v) is 4.95. The molecule has 0 saturated carbocycles. The molecular formula is C14H23N3O. The van der Waals surface area contributed by atoms with Gasteiger partial charge in [-0.1, -0.05) is 19.9 Å². The van der Waals surface area contributed by atoms with E-state index in [4.69, 9.17) is 5.73 Å². The van der Waals surface area contributed by atoms with Crippen LogP contribution in [-0.4, -0.2) is 23.5 Å². The first kappa shape index (κ1) is 14.6. The average Bonchev–Trinajstić information content (AvgIpc) is 2.36. The molecular weight excluding hydrogens is 226 g/mol. The molecule has 1 rings (SSSR count). The minimum Gasteiger partial charge on any atom is -0.352 e. The third-order valence-corrected chi connectivity index (χ3v) is 2.74. The predicted octanol–water partition coefficient (Wildman–Crippen LogP) is 1.50. The topological polar surface area (TPSA) is 68.0 Å². The zero-order valence-corrected chi connectivity index (χ0v) is 11.2. The maximum absolute atomic E-state index is 11.8. The Kier molecular flexibility index (Phi) is 6.36. The Balaban J connectivity index is 2.32. The van der Waals surface area contributed by atoms with Gasteiger partial charge in [0, 0.05) is 30.9 Å². The fourth-order valence-corrected chi connectivity index (χ4v) is 1.87. The summed E-state index contributed by atoms with van der Waals surface area (Å²) in [5.74, 6) is 0.589. The number of hydrogen-bond donors (Lipinski definition) is 2. The van der Waals surface area contributed by atoms with Crippen molar-refractivity contribution in [3.63, 3.8) is 0 Å². The average molecular weight is 249 g/mol. The van der Waals surface area contributed by atoms with E-state index in [2.05, 4.69) is 24.1 Å². The van der Waals surface area contributed by atoms with Gasteiger partial charge in [-0.25, -0.2) is 0 Å². The highest BCUT2D eigenvalue weighted by molar-refractivity contribution is 5.76.